The zero-order chi connectivity index (χ0) is 9.97. The molecule has 0 aromatic carbocycles. The quantitative estimate of drug-likeness (QED) is 0.752. The first kappa shape index (κ1) is 9.27. The molecule has 0 aliphatic heterocycles. The Morgan fingerprint density at radius 1 is 1.57 bits per heavy atom. The minimum absolute atomic E-state index is 0.384. The lowest BCUT2D eigenvalue weighted by atomic mass is 10.2. The molecule has 1 aromatic rings. The third-order valence-electron chi connectivity index (χ3n) is 2.31. The van der Waals surface area contributed by atoms with Crippen molar-refractivity contribution in [3.63, 3.8) is 0 Å². The Morgan fingerprint density at radius 3 is 2.93 bits per heavy atom. The Balaban J connectivity index is 2.26. The minimum Gasteiger partial charge on any atom is -0.488 e. The molecule has 0 amide bonds. The molecule has 1 aliphatic carbocycles. The van der Waals surface area contributed by atoms with Gasteiger partial charge in [-0.1, -0.05) is 0 Å². The fourth-order valence-corrected chi connectivity index (χ4v) is 1.36. The van der Waals surface area contributed by atoms with E-state index in [1.807, 2.05) is 7.05 Å². The molecule has 1 saturated carbocycles. The van der Waals surface area contributed by atoms with Crippen molar-refractivity contribution in [1.82, 2.24) is 4.98 Å². The number of hydrogen-bond donors (Lipinski definition) is 2. The van der Waals surface area contributed by atoms with Crippen molar-refractivity contribution in [3.8, 4) is 5.75 Å². The number of nitrogens with one attached hydrogen (secondary N) is 1. The average molecular weight is 193 g/mol. The molecule has 0 saturated heterocycles. The van der Waals surface area contributed by atoms with Crippen LogP contribution < -0.4 is 15.8 Å². The van der Waals surface area contributed by atoms with Gasteiger partial charge in [-0.25, -0.2) is 0 Å². The molecule has 1 fully saturated rings. The van der Waals surface area contributed by atoms with Gasteiger partial charge in [0.15, 0.2) is 0 Å². The Labute approximate surface area is 83.5 Å². The Bertz CT molecular complexity index is 323. The summed E-state index contributed by atoms with van der Waals surface area (Å²) in [7, 11) is 1.86. The summed E-state index contributed by atoms with van der Waals surface area (Å²) in [6, 6.07) is 0. The Morgan fingerprint density at radius 2 is 2.36 bits per heavy atom. The van der Waals surface area contributed by atoms with Gasteiger partial charge in [0.2, 0.25) is 0 Å². The molecular formula is C10H15N3O. The maximum absolute atomic E-state index is 5.71. The van der Waals surface area contributed by atoms with Crippen LogP contribution in [-0.2, 0) is 6.54 Å². The first-order valence-corrected chi connectivity index (χ1v) is 4.86. The first-order chi connectivity index (χ1) is 6.85. The van der Waals surface area contributed by atoms with Crippen LogP contribution in [0.15, 0.2) is 12.4 Å². The number of nitrogens with two attached hydrogens (primary N) is 1. The van der Waals surface area contributed by atoms with E-state index in [-0.39, 0.29) is 0 Å². The van der Waals surface area contributed by atoms with Gasteiger partial charge in [0.25, 0.3) is 0 Å². The number of rotatable bonds is 4. The number of ether oxygens (including phenoxy) is 1. The molecule has 0 unspecified atom stereocenters. The van der Waals surface area contributed by atoms with E-state index < -0.39 is 0 Å². The lowest BCUT2D eigenvalue weighted by Gasteiger charge is -2.12. The average Bonchev–Trinajstić information content (AvgIpc) is 3.01. The van der Waals surface area contributed by atoms with E-state index in [1.165, 1.54) is 0 Å². The predicted molar refractivity (Wildman–Crippen MR) is 55.3 cm³/mol. The van der Waals surface area contributed by atoms with Gasteiger partial charge < -0.3 is 15.8 Å². The molecule has 1 heterocycles. The first-order valence-electron chi connectivity index (χ1n) is 4.86. The molecule has 4 heteroatoms. The van der Waals surface area contributed by atoms with E-state index in [1.54, 1.807) is 12.4 Å². The van der Waals surface area contributed by atoms with Crippen molar-refractivity contribution < 1.29 is 4.74 Å². The predicted octanol–water partition coefficient (Wildman–Crippen LogP) is 1.12. The van der Waals surface area contributed by atoms with E-state index in [2.05, 4.69) is 10.3 Å². The van der Waals surface area contributed by atoms with Crippen LogP contribution in [0.2, 0.25) is 0 Å². The highest BCUT2D eigenvalue weighted by atomic mass is 16.5. The van der Waals surface area contributed by atoms with E-state index in [0.717, 1.165) is 29.8 Å². The van der Waals surface area contributed by atoms with Gasteiger partial charge in [-0.05, 0) is 12.8 Å². The lowest BCUT2D eigenvalue weighted by Crippen LogP contribution is -2.07. The van der Waals surface area contributed by atoms with Crippen molar-refractivity contribution >= 4 is 5.69 Å². The Kier molecular flexibility index (Phi) is 2.54. The molecule has 14 heavy (non-hydrogen) atoms. The number of aromatic nitrogens is 1. The van der Waals surface area contributed by atoms with Crippen molar-refractivity contribution in [3.05, 3.63) is 18.0 Å². The largest absolute Gasteiger partial charge is 0.488 e. The molecule has 1 aliphatic rings. The van der Waals surface area contributed by atoms with Gasteiger partial charge in [0.05, 0.1) is 24.2 Å². The minimum atomic E-state index is 0.384. The molecule has 3 N–H and O–H groups in total. The van der Waals surface area contributed by atoms with E-state index in [0.29, 0.717) is 12.6 Å². The SMILES string of the molecule is CNc1cncc(OC2CC2)c1CN. The fraction of sp³-hybridized carbons (Fsp3) is 0.500. The van der Waals surface area contributed by atoms with Gasteiger partial charge in [0, 0.05) is 19.2 Å². The van der Waals surface area contributed by atoms with E-state index >= 15 is 0 Å². The number of anilines is 1. The highest BCUT2D eigenvalue weighted by Gasteiger charge is 2.24. The van der Waals surface area contributed by atoms with Gasteiger partial charge in [-0.2, -0.15) is 0 Å². The maximum atomic E-state index is 5.71. The second-order valence-electron chi connectivity index (χ2n) is 3.44. The van der Waals surface area contributed by atoms with Crippen LogP contribution in [-0.4, -0.2) is 18.1 Å². The molecule has 1 aromatic heterocycles. The van der Waals surface area contributed by atoms with Crippen LogP contribution in [0.25, 0.3) is 0 Å². The third kappa shape index (κ3) is 1.80. The lowest BCUT2D eigenvalue weighted by molar-refractivity contribution is 0.299. The third-order valence-corrected chi connectivity index (χ3v) is 2.31. The van der Waals surface area contributed by atoms with Gasteiger partial charge in [0.1, 0.15) is 5.75 Å². The molecule has 0 atom stereocenters. The van der Waals surface area contributed by atoms with Gasteiger partial charge >= 0.3 is 0 Å². The topological polar surface area (TPSA) is 60.2 Å². The summed E-state index contributed by atoms with van der Waals surface area (Å²) in [6.07, 6.45) is 6.18. The highest BCUT2D eigenvalue weighted by molar-refractivity contribution is 5.54. The highest BCUT2D eigenvalue weighted by Crippen LogP contribution is 2.31. The summed E-state index contributed by atoms with van der Waals surface area (Å²) in [5, 5.41) is 3.06. The summed E-state index contributed by atoms with van der Waals surface area (Å²) >= 11 is 0. The standard InChI is InChI=1S/C10H15N3O/c1-12-9-5-13-6-10(8(9)4-11)14-7-2-3-7/h5-7,12H,2-4,11H2,1H3. The van der Waals surface area contributed by atoms with E-state index in [4.69, 9.17) is 10.5 Å². The summed E-state index contributed by atoms with van der Waals surface area (Å²) in [5.41, 5.74) is 7.63. The Hall–Kier alpha value is -1.29. The van der Waals surface area contributed by atoms with Crippen molar-refractivity contribution in [1.29, 1.82) is 0 Å². The monoisotopic (exact) mass is 193 g/mol. The molecular weight excluding hydrogens is 178 g/mol. The summed E-state index contributed by atoms with van der Waals surface area (Å²) in [5.74, 6) is 0.821. The maximum Gasteiger partial charge on any atom is 0.144 e. The van der Waals surface area contributed by atoms with Gasteiger partial charge in [-0.15, -0.1) is 0 Å². The van der Waals surface area contributed by atoms with E-state index in [9.17, 15) is 0 Å². The van der Waals surface area contributed by atoms with Crippen LogP contribution in [0, 0.1) is 0 Å². The molecule has 0 radical (unpaired) electrons. The van der Waals surface area contributed by atoms with Crippen molar-refractivity contribution in [2.75, 3.05) is 12.4 Å². The van der Waals surface area contributed by atoms with Crippen LogP contribution in [0.3, 0.4) is 0 Å². The summed E-state index contributed by atoms with van der Waals surface area (Å²) in [6.45, 7) is 0.473. The number of hydrogen-bond acceptors (Lipinski definition) is 4. The molecule has 76 valence electrons. The normalized spacial score (nSPS) is 15.3. The number of nitrogens with zero attached hydrogens (tertiary/aromatic N) is 1. The summed E-state index contributed by atoms with van der Waals surface area (Å²) in [4.78, 5) is 4.10. The molecule has 4 nitrogen and oxygen atoms in total. The zero-order valence-electron chi connectivity index (χ0n) is 8.29. The van der Waals surface area contributed by atoms with Gasteiger partial charge in [-0.3, -0.25) is 4.98 Å². The second kappa shape index (κ2) is 3.84. The smallest absolute Gasteiger partial charge is 0.144 e. The number of pyridine rings is 1. The summed E-state index contributed by atoms with van der Waals surface area (Å²) < 4.78 is 5.71. The van der Waals surface area contributed by atoms with Crippen molar-refractivity contribution in [2.24, 2.45) is 5.73 Å². The zero-order valence-corrected chi connectivity index (χ0v) is 8.29. The fourth-order valence-electron chi connectivity index (χ4n) is 1.36. The van der Waals surface area contributed by atoms with Crippen molar-refractivity contribution in [2.45, 2.75) is 25.5 Å². The second-order valence-corrected chi connectivity index (χ2v) is 3.44. The molecule has 0 bridgehead atoms. The van der Waals surface area contributed by atoms with Crippen LogP contribution in [0.4, 0.5) is 5.69 Å². The van der Waals surface area contributed by atoms with Crippen LogP contribution in [0.5, 0.6) is 5.75 Å². The van der Waals surface area contributed by atoms with Crippen LogP contribution >= 0.6 is 0 Å². The molecule has 0 spiro atoms. The molecule has 2 rings (SSSR count). The van der Waals surface area contributed by atoms with Crippen LogP contribution in [0.1, 0.15) is 18.4 Å².